The molecule has 0 radical (unpaired) electrons. The summed E-state index contributed by atoms with van der Waals surface area (Å²) in [5.41, 5.74) is 1.72. The number of nitrogens with zero attached hydrogens (tertiary/aromatic N) is 1. The van der Waals surface area contributed by atoms with Crippen LogP contribution >= 0.6 is 0 Å². The fourth-order valence-corrected chi connectivity index (χ4v) is 1.32. The fourth-order valence-electron chi connectivity index (χ4n) is 1.32. The van der Waals surface area contributed by atoms with Gasteiger partial charge in [0.1, 0.15) is 0 Å². The molecule has 0 N–H and O–H groups in total. The van der Waals surface area contributed by atoms with Gasteiger partial charge in [-0.15, -0.1) is 0 Å². The first-order valence-electron chi connectivity index (χ1n) is 4.77. The van der Waals surface area contributed by atoms with E-state index in [0.29, 0.717) is 5.69 Å². The van der Waals surface area contributed by atoms with Crippen LogP contribution in [0.25, 0.3) is 12.2 Å². The Morgan fingerprint density at radius 3 is 2.33 bits per heavy atom. The van der Waals surface area contributed by atoms with E-state index in [1.54, 1.807) is 12.1 Å². The molecule has 0 atom stereocenters. The first kappa shape index (κ1) is 9.46. The van der Waals surface area contributed by atoms with Gasteiger partial charge >= 0.3 is 0 Å². The van der Waals surface area contributed by atoms with Crippen molar-refractivity contribution in [1.82, 2.24) is 0 Å². The fraction of sp³-hybridized carbons (Fsp3) is 0. The highest BCUT2D eigenvalue weighted by atomic mass is 16.5. The van der Waals surface area contributed by atoms with Crippen LogP contribution in [-0.4, -0.2) is 0 Å². The van der Waals surface area contributed by atoms with Crippen LogP contribution in [0.4, 0.5) is 0 Å². The van der Waals surface area contributed by atoms with E-state index in [-0.39, 0.29) is 0 Å². The van der Waals surface area contributed by atoms with E-state index < -0.39 is 0 Å². The van der Waals surface area contributed by atoms with Crippen LogP contribution in [0.3, 0.4) is 0 Å². The van der Waals surface area contributed by atoms with Gasteiger partial charge in [0.15, 0.2) is 6.20 Å². The van der Waals surface area contributed by atoms with E-state index in [1.165, 1.54) is 6.20 Å². The molecule has 0 saturated heterocycles. The van der Waals surface area contributed by atoms with Gasteiger partial charge < -0.3 is 5.21 Å². The van der Waals surface area contributed by atoms with Crippen LogP contribution < -0.4 is 4.73 Å². The van der Waals surface area contributed by atoms with Gasteiger partial charge in [-0.2, -0.15) is 4.73 Å². The van der Waals surface area contributed by atoms with Crippen LogP contribution in [0.1, 0.15) is 11.3 Å². The molecule has 2 heteroatoms. The van der Waals surface area contributed by atoms with Gasteiger partial charge in [0.2, 0.25) is 5.69 Å². The maximum atomic E-state index is 11.3. The monoisotopic (exact) mass is 197 g/mol. The van der Waals surface area contributed by atoms with Gasteiger partial charge in [0.25, 0.3) is 0 Å². The lowest BCUT2D eigenvalue weighted by molar-refractivity contribution is -0.607. The number of aromatic nitrogens is 1. The molecule has 0 bridgehead atoms. The average molecular weight is 197 g/mol. The summed E-state index contributed by atoms with van der Waals surface area (Å²) in [4.78, 5) is 0. The molecular weight excluding hydrogens is 186 g/mol. The third kappa shape index (κ3) is 2.44. The van der Waals surface area contributed by atoms with Crippen LogP contribution in [0, 0.1) is 5.21 Å². The first-order chi connectivity index (χ1) is 7.36. The highest BCUT2D eigenvalue weighted by Crippen LogP contribution is 2.04. The number of hydrogen-bond donors (Lipinski definition) is 0. The largest absolute Gasteiger partial charge is 0.618 e. The maximum absolute atomic E-state index is 11.3. The van der Waals surface area contributed by atoms with Crippen molar-refractivity contribution in [2.75, 3.05) is 0 Å². The van der Waals surface area contributed by atoms with Crippen molar-refractivity contribution in [3.8, 4) is 0 Å². The Bertz CT molecular complexity index is 463. The summed E-state index contributed by atoms with van der Waals surface area (Å²) in [7, 11) is 0. The Hall–Kier alpha value is -2.09. The number of rotatable bonds is 2. The normalized spacial score (nSPS) is 10.7. The zero-order valence-corrected chi connectivity index (χ0v) is 8.21. The van der Waals surface area contributed by atoms with E-state index >= 15 is 0 Å². The Kier molecular flexibility index (Phi) is 2.79. The summed E-state index contributed by atoms with van der Waals surface area (Å²) in [6, 6.07) is 15.2. The second-order valence-corrected chi connectivity index (χ2v) is 3.20. The molecule has 1 aromatic heterocycles. The molecule has 1 heterocycles. The summed E-state index contributed by atoms with van der Waals surface area (Å²) in [6.07, 6.45) is 5.22. The average Bonchev–Trinajstić information content (AvgIpc) is 2.29. The minimum absolute atomic E-state index is 0.640. The summed E-state index contributed by atoms with van der Waals surface area (Å²) >= 11 is 0. The highest BCUT2D eigenvalue weighted by Gasteiger charge is 1.96. The minimum atomic E-state index is 0.640. The Morgan fingerprint density at radius 2 is 1.60 bits per heavy atom. The first-order valence-corrected chi connectivity index (χ1v) is 4.77. The van der Waals surface area contributed by atoms with Crippen LogP contribution in [0.2, 0.25) is 0 Å². The Morgan fingerprint density at radius 1 is 0.867 bits per heavy atom. The SMILES string of the molecule is [O-][n+]1ccccc1/C=C/c1ccccc1. The molecule has 74 valence electrons. The lowest BCUT2D eigenvalue weighted by Crippen LogP contribution is -2.28. The molecule has 15 heavy (non-hydrogen) atoms. The van der Waals surface area contributed by atoms with Crippen LogP contribution in [0.5, 0.6) is 0 Å². The van der Waals surface area contributed by atoms with Crippen LogP contribution in [-0.2, 0) is 0 Å². The van der Waals surface area contributed by atoms with E-state index in [1.807, 2.05) is 48.6 Å². The van der Waals surface area contributed by atoms with Gasteiger partial charge in [0, 0.05) is 18.2 Å². The molecule has 2 rings (SSSR count). The molecule has 0 aliphatic rings. The summed E-state index contributed by atoms with van der Waals surface area (Å²) in [5.74, 6) is 0. The van der Waals surface area contributed by atoms with Crippen molar-refractivity contribution < 1.29 is 4.73 Å². The van der Waals surface area contributed by atoms with Crippen molar-refractivity contribution in [2.24, 2.45) is 0 Å². The molecule has 0 aliphatic heterocycles. The van der Waals surface area contributed by atoms with Gasteiger partial charge in [-0.25, -0.2) is 0 Å². The smallest absolute Gasteiger partial charge is 0.216 e. The molecule has 0 unspecified atom stereocenters. The predicted molar refractivity (Wildman–Crippen MR) is 60.8 cm³/mol. The van der Waals surface area contributed by atoms with Gasteiger partial charge in [-0.05, 0) is 17.7 Å². The molecule has 0 amide bonds. The molecule has 0 spiro atoms. The van der Waals surface area contributed by atoms with Gasteiger partial charge in [-0.1, -0.05) is 30.3 Å². The number of hydrogen-bond acceptors (Lipinski definition) is 1. The molecule has 2 nitrogen and oxygen atoms in total. The van der Waals surface area contributed by atoms with Gasteiger partial charge in [-0.3, -0.25) is 0 Å². The van der Waals surface area contributed by atoms with Crippen LogP contribution in [0.15, 0.2) is 54.7 Å². The highest BCUT2D eigenvalue weighted by molar-refractivity contribution is 5.66. The Balaban J connectivity index is 2.23. The Labute approximate surface area is 88.7 Å². The van der Waals surface area contributed by atoms with Crippen molar-refractivity contribution in [3.63, 3.8) is 0 Å². The number of pyridine rings is 1. The van der Waals surface area contributed by atoms with Gasteiger partial charge in [0.05, 0.1) is 0 Å². The second-order valence-electron chi connectivity index (χ2n) is 3.20. The van der Waals surface area contributed by atoms with E-state index in [9.17, 15) is 5.21 Å². The molecule has 0 fully saturated rings. The standard InChI is InChI=1S/C13H11NO/c15-14-11-5-4-8-13(14)10-9-12-6-2-1-3-7-12/h1-11H/b10-9+. The third-order valence-electron chi connectivity index (χ3n) is 2.10. The topological polar surface area (TPSA) is 26.9 Å². The molecule has 2 aromatic rings. The lowest BCUT2D eigenvalue weighted by Gasteiger charge is -1.98. The quantitative estimate of drug-likeness (QED) is 0.536. The predicted octanol–water partition coefficient (Wildman–Crippen LogP) is 2.49. The van der Waals surface area contributed by atoms with Crippen molar-refractivity contribution >= 4 is 12.2 Å². The van der Waals surface area contributed by atoms with Crippen molar-refractivity contribution in [3.05, 3.63) is 71.2 Å². The minimum Gasteiger partial charge on any atom is -0.618 e. The lowest BCUT2D eigenvalue weighted by atomic mass is 10.2. The summed E-state index contributed by atoms with van der Waals surface area (Å²) < 4.78 is 0.847. The zero-order chi connectivity index (χ0) is 10.5. The second kappa shape index (κ2) is 4.42. The zero-order valence-electron chi connectivity index (χ0n) is 8.21. The summed E-state index contributed by atoms with van der Waals surface area (Å²) in [5, 5.41) is 11.3. The van der Waals surface area contributed by atoms with E-state index in [4.69, 9.17) is 0 Å². The third-order valence-corrected chi connectivity index (χ3v) is 2.10. The maximum Gasteiger partial charge on any atom is 0.216 e. The number of benzene rings is 1. The molecule has 0 aliphatic carbocycles. The summed E-state index contributed by atoms with van der Waals surface area (Å²) in [6.45, 7) is 0. The van der Waals surface area contributed by atoms with E-state index in [2.05, 4.69) is 0 Å². The molecule has 0 saturated carbocycles. The molecular formula is C13H11NO. The van der Waals surface area contributed by atoms with Crippen molar-refractivity contribution in [1.29, 1.82) is 0 Å². The molecule has 1 aromatic carbocycles. The van der Waals surface area contributed by atoms with Crippen molar-refractivity contribution in [2.45, 2.75) is 0 Å². The van der Waals surface area contributed by atoms with E-state index in [0.717, 1.165) is 10.3 Å².